The molecule has 2 N–H and O–H groups in total. The lowest BCUT2D eigenvalue weighted by molar-refractivity contribution is -0.137. The van der Waals surface area contributed by atoms with Crippen LogP contribution in [0.25, 0.3) is 41.8 Å². The highest BCUT2D eigenvalue weighted by molar-refractivity contribution is 7.98. The Bertz CT molecular complexity index is 1860. The van der Waals surface area contributed by atoms with E-state index >= 15 is 0 Å². The van der Waals surface area contributed by atoms with Crippen LogP contribution in [0.4, 0.5) is 0 Å². The second kappa shape index (κ2) is 12.3. The Kier molecular flexibility index (Phi) is 8.70. The maximum atomic E-state index is 11.9. The van der Waals surface area contributed by atoms with Crippen molar-refractivity contribution in [2.24, 2.45) is 0 Å². The van der Waals surface area contributed by atoms with Crippen LogP contribution in [-0.4, -0.2) is 43.1 Å². The summed E-state index contributed by atoms with van der Waals surface area (Å²) < 4.78 is 23.7. The van der Waals surface area contributed by atoms with Gasteiger partial charge in [-0.3, -0.25) is 9.59 Å². The fraction of sp³-hybridized carbons (Fsp3) is 0.125. The van der Waals surface area contributed by atoms with Gasteiger partial charge in [0.15, 0.2) is 9.84 Å². The second-order valence-corrected chi connectivity index (χ2v) is 14.7. The second-order valence-electron chi connectivity index (χ2n) is 9.67. The number of aliphatic carboxylic acids is 2. The number of hydrogen-bond donors (Lipinski definition) is 2. The quantitative estimate of drug-likeness (QED) is 0.151. The molecule has 6 nitrogen and oxygen atoms in total. The molecule has 0 aliphatic carbocycles. The fourth-order valence-electron chi connectivity index (χ4n) is 4.61. The molecule has 0 saturated heterocycles. The number of benzene rings is 3. The zero-order valence-electron chi connectivity index (χ0n) is 22.7. The fourth-order valence-corrected chi connectivity index (χ4v) is 8.03. The monoisotopic (exact) mass is 634 g/mol. The van der Waals surface area contributed by atoms with E-state index in [1.165, 1.54) is 23.5 Å². The number of carboxylic acid groups (broad SMARTS) is 2. The molecule has 0 aliphatic heterocycles. The number of thiophene rings is 2. The Hall–Kier alpha value is -3.70. The van der Waals surface area contributed by atoms with Gasteiger partial charge in [-0.15, -0.1) is 34.4 Å². The van der Waals surface area contributed by atoms with Gasteiger partial charge in [0.05, 0.1) is 17.7 Å². The van der Waals surface area contributed by atoms with Crippen molar-refractivity contribution in [1.82, 2.24) is 0 Å². The molecule has 5 rings (SSSR count). The van der Waals surface area contributed by atoms with Gasteiger partial charge in [0.2, 0.25) is 0 Å². The van der Waals surface area contributed by atoms with Gasteiger partial charge in [-0.1, -0.05) is 48.5 Å². The standard InChI is InChI=1S/C32H26O6S4/c1-39-25-11-7-21(8-12-25)31-23(17-29(33)34)15-27(40-31)19-3-5-20(6-4-19)28-16-24(18-30(35)36)32(41-28)22-9-13-26(14-10-22)42(2,37)38/h3-16H,17-18H2,1-2H3,(H,33,34)(H,35,36). The average Bonchev–Trinajstić information content (AvgIpc) is 3.56. The van der Waals surface area contributed by atoms with Gasteiger partial charge in [-0.25, -0.2) is 8.42 Å². The lowest BCUT2D eigenvalue weighted by Gasteiger charge is -2.04. The van der Waals surface area contributed by atoms with Crippen LogP contribution in [0.15, 0.2) is 94.7 Å². The molecule has 2 aromatic heterocycles. The lowest BCUT2D eigenvalue weighted by atomic mass is 10.0. The van der Waals surface area contributed by atoms with Gasteiger partial charge in [0.1, 0.15) is 0 Å². The summed E-state index contributed by atoms with van der Waals surface area (Å²) >= 11 is 4.67. The SMILES string of the molecule is CSc1ccc(-c2sc(-c3ccc(-c4cc(CC(=O)O)c(-c5ccc(S(C)(=O)=O)cc5)s4)cc3)cc2CC(=O)O)cc1. The van der Waals surface area contributed by atoms with Crippen molar-refractivity contribution in [3.8, 4) is 41.8 Å². The summed E-state index contributed by atoms with van der Waals surface area (Å²) in [7, 11) is -3.34. The number of carbonyl (C=O) groups is 2. The van der Waals surface area contributed by atoms with E-state index in [-0.39, 0.29) is 17.7 Å². The minimum absolute atomic E-state index is 0.0658. The minimum atomic E-state index is -3.34. The van der Waals surface area contributed by atoms with Crippen LogP contribution in [0.2, 0.25) is 0 Å². The average molecular weight is 635 g/mol. The summed E-state index contributed by atoms with van der Waals surface area (Å²) in [5.74, 6) is -1.83. The highest BCUT2D eigenvalue weighted by Crippen LogP contribution is 2.42. The first-order valence-corrected chi connectivity index (χ1v) is 17.5. The molecule has 0 aliphatic rings. The van der Waals surface area contributed by atoms with Gasteiger partial charge in [-0.05, 0) is 76.0 Å². The van der Waals surface area contributed by atoms with Gasteiger partial charge in [0.25, 0.3) is 0 Å². The molecular weight excluding hydrogens is 609 g/mol. The van der Waals surface area contributed by atoms with Crippen LogP contribution in [0.5, 0.6) is 0 Å². The number of carboxylic acids is 2. The summed E-state index contributed by atoms with van der Waals surface area (Å²) in [6, 6.07) is 26.4. The van der Waals surface area contributed by atoms with Crippen LogP contribution >= 0.6 is 34.4 Å². The zero-order chi connectivity index (χ0) is 30.0. The van der Waals surface area contributed by atoms with E-state index in [1.54, 1.807) is 35.2 Å². The Morgan fingerprint density at radius 3 is 1.40 bits per heavy atom. The van der Waals surface area contributed by atoms with Gasteiger partial charge >= 0.3 is 11.9 Å². The van der Waals surface area contributed by atoms with Gasteiger partial charge < -0.3 is 10.2 Å². The van der Waals surface area contributed by atoms with E-state index in [0.717, 1.165) is 58.5 Å². The number of sulfone groups is 1. The van der Waals surface area contributed by atoms with Gasteiger partial charge in [-0.2, -0.15) is 0 Å². The van der Waals surface area contributed by atoms with Crippen LogP contribution in [0, 0.1) is 0 Å². The molecule has 214 valence electrons. The first kappa shape index (κ1) is 29.8. The molecule has 0 unspecified atom stereocenters. The highest BCUT2D eigenvalue weighted by Gasteiger charge is 2.18. The molecule has 10 heteroatoms. The summed E-state index contributed by atoms with van der Waals surface area (Å²) in [5.41, 5.74) is 5.05. The van der Waals surface area contributed by atoms with Crippen molar-refractivity contribution in [3.63, 3.8) is 0 Å². The molecule has 0 atom stereocenters. The first-order chi connectivity index (χ1) is 20.0. The van der Waals surface area contributed by atoms with Crippen molar-refractivity contribution < 1.29 is 28.2 Å². The number of rotatable bonds is 10. The Morgan fingerprint density at radius 2 is 1.05 bits per heavy atom. The van der Waals surface area contributed by atoms with Crippen LogP contribution in [-0.2, 0) is 32.3 Å². The summed E-state index contributed by atoms with van der Waals surface area (Å²) in [6.45, 7) is 0. The van der Waals surface area contributed by atoms with Crippen molar-refractivity contribution >= 4 is 56.2 Å². The number of thioether (sulfide) groups is 1. The maximum absolute atomic E-state index is 11.9. The normalized spacial score (nSPS) is 11.5. The topological polar surface area (TPSA) is 109 Å². The van der Waals surface area contributed by atoms with Crippen molar-refractivity contribution in [1.29, 1.82) is 0 Å². The van der Waals surface area contributed by atoms with Crippen molar-refractivity contribution in [2.75, 3.05) is 12.5 Å². The van der Waals surface area contributed by atoms with Gasteiger partial charge in [0, 0.05) is 30.7 Å². The summed E-state index contributed by atoms with van der Waals surface area (Å²) in [5, 5.41) is 19.0. The van der Waals surface area contributed by atoms with E-state index in [1.807, 2.05) is 66.9 Å². The zero-order valence-corrected chi connectivity index (χ0v) is 25.9. The molecule has 0 fully saturated rings. The van der Waals surface area contributed by atoms with E-state index in [4.69, 9.17) is 0 Å². The third kappa shape index (κ3) is 6.68. The molecule has 0 bridgehead atoms. The molecule has 3 aromatic carbocycles. The third-order valence-corrected chi connectivity index (χ3v) is 11.1. The summed E-state index contributed by atoms with van der Waals surface area (Å²) in [6.07, 6.45) is 2.95. The van der Waals surface area contributed by atoms with Crippen LogP contribution < -0.4 is 0 Å². The van der Waals surface area contributed by atoms with Crippen molar-refractivity contribution in [3.05, 3.63) is 96.1 Å². The molecule has 0 amide bonds. The molecule has 42 heavy (non-hydrogen) atoms. The Balaban J connectivity index is 1.48. The molecule has 0 saturated carbocycles. The molecule has 5 aromatic rings. The molecule has 0 radical (unpaired) electrons. The highest BCUT2D eigenvalue weighted by atomic mass is 32.2. The van der Waals surface area contributed by atoms with E-state index < -0.39 is 21.8 Å². The predicted molar refractivity (Wildman–Crippen MR) is 172 cm³/mol. The molecule has 2 heterocycles. The minimum Gasteiger partial charge on any atom is -0.481 e. The van der Waals surface area contributed by atoms with Crippen LogP contribution in [0.3, 0.4) is 0 Å². The smallest absolute Gasteiger partial charge is 0.307 e. The molecule has 0 spiro atoms. The summed E-state index contributed by atoms with van der Waals surface area (Å²) in [4.78, 5) is 28.1. The lowest BCUT2D eigenvalue weighted by Crippen LogP contribution is -2.00. The van der Waals surface area contributed by atoms with E-state index in [0.29, 0.717) is 5.56 Å². The van der Waals surface area contributed by atoms with E-state index in [2.05, 4.69) is 0 Å². The van der Waals surface area contributed by atoms with Crippen LogP contribution in [0.1, 0.15) is 11.1 Å². The third-order valence-electron chi connectivity index (χ3n) is 6.65. The Morgan fingerprint density at radius 1 is 0.667 bits per heavy atom. The number of hydrogen-bond acceptors (Lipinski definition) is 7. The first-order valence-electron chi connectivity index (χ1n) is 12.8. The predicted octanol–water partition coefficient (Wildman–Crippen LogP) is 7.86. The largest absolute Gasteiger partial charge is 0.481 e. The van der Waals surface area contributed by atoms with Crippen molar-refractivity contribution in [2.45, 2.75) is 22.6 Å². The Labute approximate surface area is 256 Å². The molecular formula is C32H26O6S4. The van der Waals surface area contributed by atoms with E-state index in [9.17, 15) is 28.2 Å². The maximum Gasteiger partial charge on any atom is 0.307 e.